The molecule has 0 fully saturated rings. The minimum Gasteiger partial charge on any atom is -0.497 e. The second-order valence-corrected chi connectivity index (χ2v) is 25.9. The maximum Gasteiger partial charge on any atom is 0.347 e. The molecule has 0 aliphatic rings. The quantitative estimate of drug-likeness (QED) is 0.0360. The molecule has 0 aromatic heterocycles. The summed E-state index contributed by atoms with van der Waals surface area (Å²) in [5.41, 5.74) is 6.16. The van der Waals surface area contributed by atoms with E-state index in [1.54, 1.807) is 46.3 Å². The third-order valence-electron chi connectivity index (χ3n) is 16.1. The zero-order valence-corrected chi connectivity index (χ0v) is 59.1. The van der Waals surface area contributed by atoms with Crippen LogP contribution in [0.5, 0.6) is 51.7 Å². The molecule has 0 bridgehead atoms. The van der Waals surface area contributed by atoms with Gasteiger partial charge in [0.25, 0.3) is 0 Å². The smallest absolute Gasteiger partial charge is 0.347 e. The first-order chi connectivity index (χ1) is 48.8. The van der Waals surface area contributed by atoms with E-state index >= 15 is 0 Å². The van der Waals surface area contributed by atoms with Crippen molar-refractivity contribution < 1.29 is 81.1 Å². The second-order valence-electron chi connectivity index (χ2n) is 25.5. The van der Waals surface area contributed by atoms with Gasteiger partial charge < -0.3 is 58.0 Å². The van der Waals surface area contributed by atoms with Gasteiger partial charge in [-0.05, 0) is 251 Å². The van der Waals surface area contributed by atoms with E-state index < -0.39 is 46.3 Å². The first-order valence-electron chi connectivity index (χ1n) is 33.1. The molecule has 0 atom stereocenters. The van der Waals surface area contributed by atoms with Gasteiger partial charge in [-0.2, -0.15) is 0 Å². The van der Waals surface area contributed by atoms with Gasteiger partial charge in [0.15, 0.2) is 16.8 Å². The Bertz CT molecular complexity index is 4310. The molecule has 0 saturated carbocycles. The first kappa shape index (κ1) is 76.7. The highest BCUT2D eigenvalue weighted by atomic mass is 35.5. The summed E-state index contributed by atoms with van der Waals surface area (Å²) >= 11 is 5.90. The van der Waals surface area contributed by atoms with E-state index in [1.165, 1.54) is 45.4 Å². The molecule has 0 saturated heterocycles. The molecule has 0 aliphatic carbocycles. The lowest BCUT2D eigenvalue weighted by Crippen LogP contribution is -2.37. The Morgan fingerprint density at radius 2 is 0.637 bits per heavy atom. The van der Waals surface area contributed by atoms with E-state index in [2.05, 4.69) is 12.1 Å². The van der Waals surface area contributed by atoms with E-state index in [0.29, 0.717) is 65.6 Å². The van der Waals surface area contributed by atoms with Gasteiger partial charge in [0.2, 0.25) is 0 Å². The molecule has 102 heavy (non-hydrogen) atoms. The number of rotatable bonds is 32. The van der Waals surface area contributed by atoms with Crippen LogP contribution in [0.3, 0.4) is 0 Å². The van der Waals surface area contributed by atoms with Crippen LogP contribution in [-0.4, -0.2) is 64.3 Å². The summed E-state index contributed by atoms with van der Waals surface area (Å²) < 4.78 is 77.7. The number of aliphatic carboxylic acids is 3. The van der Waals surface area contributed by atoms with Crippen LogP contribution in [0.2, 0.25) is 5.02 Å². The molecule has 0 radical (unpaired) electrons. The number of halogens is 3. The molecule has 0 unspecified atom stereocenters. The van der Waals surface area contributed by atoms with Crippen molar-refractivity contribution in [3.63, 3.8) is 0 Å². The first-order valence-corrected chi connectivity index (χ1v) is 33.5. The van der Waals surface area contributed by atoms with E-state index in [-0.39, 0.29) is 6.61 Å². The highest BCUT2D eigenvalue weighted by molar-refractivity contribution is 6.30. The number of hydrogen-bond donors (Lipinski definition) is 3. The summed E-state index contributed by atoms with van der Waals surface area (Å²) in [5, 5.41) is 28.5. The van der Waals surface area contributed by atoms with Crippen molar-refractivity contribution in [1.82, 2.24) is 0 Å². The second kappa shape index (κ2) is 36.9. The fourth-order valence-electron chi connectivity index (χ4n) is 10.0. The normalized spacial score (nSPS) is 11.1. The molecular formula is C84H85ClF2O15. The Balaban J connectivity index is 0.000000197. The summed E-state index contributed by atoms with van der Waals surface area (Å²) in [4.78, 5) is 34.0. The molecule has 18 heteroatoms. The minimum absolute atomic E-state index is 0.0769. The lowest BCUT2D eigenvalue weighted by Gasteiger charge is -2.21. The van der Waals surface area contributed by atoms with Crippen LogP contribution in [0.4, 0.5) is 8.78 Å². The predicted molar refractivity (Wildman–Crippen MR) is 389 cm³/mol. The van der Waals surface area contributed by atoms with Crippen LogP contribution in [0.15, 0.2) is 231 Å². The molecule has 0 amide bonds. The van der Waals surface area contributed by atoms with Gasteiger partial charge in [-0.1, -0.05) is 115 Å². The molecule has 532 valence electrons. The number of carbonyl (C=O) groups is 3. The largest absolute Gasteiger partial charge is 0.497 e. The maximum atomic E-state index is 13.2. The van der Waals surface area contributed by atoms with Gasteiger partial charge in [0.1, 0.15) is 89.8 Å². The molecule has 10 rings (SSSR count). The van der Waals surface area contributed by atoms with Gasteiger partial charge in [-0.3, -0.25) is 0 Å². The monoisotopic (exact) mass is 1410 g/mol. The van der Waals surface area contributed by atoms with Crippen molar-refractivity contribution in [3.8, 4) is 51.7 Å². The fourth-order valence-corrected chi connectivity index (χ4v) is 10.1. The van der Waals surface area contributed by atoms with Crippen LogP contribution in [0.25, 0.3) is 0 Å². The summed E-state index contributed by atoms with van der Waals surface area (Å²) in [6.45, 7) is 10.6. The van der Waals surface area contributed by atoms with Gasteiger partial charge in [0, 0.05) is 17.2 Å². The molecular weight excluding hydrogens is 1320 g/mol. The number of aryl methyl sites for hydroxylation is 6. The standard InChI is InChI=1S/C34H36O7.C25H25ClO4.C25H24F2O4/c1-34(2,33(35)36)41-31-7-5-6-24(20-31)8-13-27-14-19-30(39-22-25-9-15-28(37-3)16-10-25)21-32(27)40-23-26-11-17-29(38-4)18-12-26;1-25(2,24(27)28)30-23-5-3-4-19(16-23)7-6-18-10-14-22(15-11-18)29-17-20-8-12-21(26)13-9-20;1-25(2,24(28)29)31-23-5-3-4-18(14-23)7-6-17-8-10-22(11-9-17)30-16-19-12-20(26)15-21(27)13-19/h5-7,9-12,14-21H,8,13,22-23H2,1-4H3,(H,35,36);3-5,8-16H,6-7,17H2,1-2H3,(H,27,28);3-5,8-15H,6-7,16H2,1-2H3,(H,28,29). The zero-order chi connectivity index (χ0) is 73.2. The number of carboxylic acid groups (broad SMARTS) is 3. The Morgan fingerprint density at radius 1 is 0.324 bits per heavy atom. The summed E-state index contributed by atoms with van der Waals surface area (Å²) in [5.74, 6) is 1.78. The predicted octanol–water partition coefficient (Wildman–Crippen LogP) is 18.4. The number of carboxylic acids is 3. The highest BCUT2D eigenvalue weighted by Crippen LogP contribution is 2.31. The lowest BCUT2D eigenvalue weighted by molar-refractivity contribution is -0.152. The molecule has 0 spiro atoms. The van der Waals surface area contributed by atoms with Crippen molar-refractivity contribution in [2.75, 3.05) is 14.2 Å². The van der Waals surface area contributed by atoms with Crippen molar-refractivity contribution in [2.45, 2.75) is 123 Å². The van der Waals surface area contributed by atoms with Crippen LogP contribution in [-0.2, 0) is 79.3 Å². The lowest BCUT2D eigenvalue weighted by atomic mass is 10.0. The summed E-state index contributed by atoms with van der Waals surface area (Å²) in [6, 6.07) is 70.5. The van der Waals surface area contributed by atoms with E-state index in [9.17, 15) is 38.5 Å². The number of methoxy groups -OCH3 is 2. The Hall–Kier alpha value is -11.0. The van der Waals surface area contributed by atoms with Crippen molar-refractivity contribution in [3.05, 3.63) is 303 Å². The molecule has 0 aliphatic heterocycles. The van der Waals surface area contributed by atoms with E-state index in [1.807, 2.05) is 182 Å². The number of ether oxygens (including phenoxy) is 9. The maximum absolute atomic E-state index is 13.2. The molecule has 15 nitrogen and oxygen atoms in total. The van der Waals surface area contributed by atoms with Gasteiger partial charge in [-0.25, -0.2) is 23.2 Å². The third kappa shape index (κ3) is 25.0. The van der Waals surface area contributed by atoms with Crippen molar-refractivity contribution >= 4 is 29.5 Å². The summed E-state index contributed by atoms with van der Waals surface area (Å²) in [7, 11) is 3.29. The van der Waals surface area contributed by atoms with Gasteiger partial charge in [-0.15, -0.1) is 0 Å². The molecule has 10 aromatic carbocycles. The zero-order valence-electron chi connectivity index (χ0n) is 58.4. The Labute approximate surface area is 599 Å². The average molecular weight is 1410 g/mol. The van der Waals surface area contributed by atoms with Crippen LogP contribution in [0, 0.1) is 11.6 Å². The molecule has 10 aromatic rings. The molecule has 0 heterocycles. The third-order valence-corrected chi connectivity index (χ3v) is 16.3. The Morgan fingerprint density at radius 3 is 1.02 bits per heavy atom. The van der Waals surface area contributed by atoms with Crippen LogP contribution in [0.1, 0.15) is 97.2 Å². The van der Waals surface area contributed by atoms with Crippen LogP contribution < -0.4 is 42.6 Å². The van der Waals surface area contributed by atoms with E-state index in [0.717, 1.165) is 106 Å². The SMILES string of the molecule is CC(C)(Oc1cccc(CCc2ccc(OCc3cc(F)cc(F)c3)cc2)c1)C(=O)O.CC(C)(Oc1cccc(CCc2ccc(OCc3ccc(Cl)cc3)cc2)c1)C(=O)O.COc1ccc(COc2ccc(CCc3cccc(OC(C)(C)C(=O)O)c3)c(OCc3ccc(OC)cc3)c2)cc1. The van der Waals surface area contributed by atoms with Crippen molar-refractivity contribution in [2.24, 2.45) is 0 Å². The van der Waals surface area contributed by atoms with Gasteiger partial charge >= 0.3 is 17.9 Å². The highest BCUT2D eigenvalue weighted by Gasteiger charge is 2.31. The summed E-state index contributed by atoms with van der Waals surface area (Å²) in [6.07, 6.45) is 4.66. The Kier molecular flexibility index (Phi) is 27.7. The number of hydrogen-bond acceptors (Lipinski definition) is 12. The minimum atomic E-state index is -1.32. The average Bonchev–Trinajstić information content (AvgIpc) is 0.853. The van der Waals surface area contributed by atoms with Crippen molar-refractivity contribution in [1.29, 1.82) is 0 Å². The molecule has 3 N–H and O–H groups in total. The van der Waals surface area contributed by atoms with E-state index in [4.69, 9.17) is 54.2 Å². The van der Waals surface area contributed by atoms with Crippen LogP contribution >= 0.6 is 11.6 Å². The number of benzene rings is 10. The van der Waals surface area contributed by atoms with Gasteiger partial charge in [0.05, 0.1) is 14.2 Å². The topological polar surface area (TPSA) is 195 Å². The fraction of sp³-hybridized carbons (Fsp3) is 0.250.